The Bertz CT molecular complexity index is 1530. The van der Waals surface area contributed by atoms with Crippen LogP contribution in [-0.2, 0) is 6.54 Å². The van der Waals surface area contributed by atoms with E-state index in [1.54, 1.807) is 18.4 Å². The molecule has 2 heterocycles. The number of hydrogen-bond acceptors (Lipinski definition) is 4. The van der Waals surface area contributed by atoms with Crippen LogP contribution in [0.3, 0.4) is 0 Å². The predicted molar refractivity (Wildman–Crippen MR) is 136 cm³/mol. The van der Waals surface area contributed by atoms with Crippen LogP contribution < -0.4 is 4.74 Å². The molecule has 6 nitrogen and oxygen atoms in total. The van der Waals surface area contributed by atoms with Gasteiger partial charge in [-0.2, -0.15) is 5.10 Å². The second-order valence-corrected chi connectivity index (χ2v) is 8.94. The van der Waals surface area contributed by atoms with Crippen LogP contribution in [0.25, 0.3) is 22.2 Å². The number of aromatic nitrogens is 2. The van der Waals surface area contributed by atoms with E-state index in [2.05, 4.69) is 5.10 Å². The van der Waals surface area contributed by atoms with E-state index in [1.807, 2.05) is 74.0 Å². The van der Waals surface area contributed by atoms with E-state index >= 15 is 0 Å². The second kappa shape index (κ2) is 8.96. The monoisotopic (exact) mass is 486 g/mol. The number of rotatable bonds is 6. The summed E-state index contributed by atoms with van der Waals surface area (Å²) in [5.41, 5.74) is 5.24. The van der Waals surface area contributed by atoms with Crippen molar-refractivity contribution in [2.75, 3.05) is 0 Å². The molecule has 35 heavy (non-hydrogen) atoms. The number of carboxylic acid groups (broad SMARTS) is 1. The Balaban J connectivity index is 1.46. The first-order valence-corrected chi connectivity index (χ1v) is 11.5. The third-order valence-corrected chi connectivity index (χ3v) is 6.56. The first kappa shape index (κ1) is 22.7. The molecule has 0 radical (unpaired) electrons. The molecule has 0 fully saturated rings. The zero-order valence-corrected chi connectivity index (χ0v) is 20.3. The smallest absolute Gasteiger partial charge is 0.336 e. The number of aromatic carboxylic acids is 1. The van der Waals surface area contributed by atoms with E-state index in [-0.39, 0.29) is 5.56 Å². The highest BCUT2D eigenvalue weighted by atomic mass is 35.5. The Morgan fingerprint density at radius 2 is 1.74 bits per heavy atom. The lowest BCUT2D eigenvalue weighted by molar-refractivity contribution is 0.0699. The minimum atomic E-state index is -1.000. The molecule has 0 bridgehead atoms. The molecular weight excluding hydrogens is 464 g/mol. The lowest BCUT2D eigenvalue weighted by Crippen LogP contribution is -2.03. The standard InChI is InChI=1S/C28H23ClN2O4/c1-16-11-22(12-17(2)27(16)29)35-21-8-6-19(7-9-21)15-31-24-14-20(25-5-4-10-34-25)13-23(28(32)33)26(24)18(3)30-31/h4-14H,15H2,1-3H3,(H,32,33). The molecule has 0 amide bonds. The number of aryl methyl sites for hydroxylation is 3. The molecular formula is C28H23ClN2O4. The Morgan fingerprint density at radius 1 is 1.03 bits per heavy atom. The van der Waals surface area contributed by atoms with Crippen LogP contribution in [-0.4, -0.2) is 20.9 Å². The summed E-state index contributed by atoms with van der Waals surface area (Å²) in [5.74, 6) is 1.05. The summed E-state index contributed by atoms with van der Waals surface area (Å²) in [7, 11) is 0. The van der Waals surface area contributed by atoms with Crippen LogP contribution in [0.15, 0.2) is 71.3 Å². The van der Waals surface area contributed by atoms with Crippen LogP contribution in [0, 0.1) is 20.8 Å². The van der Waals surface area contributed by atoms with Gasteiger partial charge in [0, 0.05) is 16.0 Å². The fraction of sp³-hybridized carbons (Fsp3) is 0.143. The third-order valence-electron chi connectivity index (χ3n) is 5.97. The Kier molecular flexibility index (Phi) is 5.83. The fourth-order valence-corrected chi connectivity index (χ4v) is 4.42. The Labute approximate surface area is 207 Å². The maximum Gasteiger partial charge on any atom is 0.336 e. The summed E-state index contributed by atoms with van der Waals surface area (Å²) in [6.07, 6.45) is 1.57. The maximum absolute atomic E-state index is 12.0. The van der Waals surface area contributed by atoms with Crippen LogP contribution in [0.2, 0.25) is 5.02 Å². The van der Waals surface area contributed by atoms with Gasteiger partial charge < -0.3 is 14.3 Å². The van der Waals surface area contributed by atoms with Crippen molar-refractivity contribution < 1.29 is 19.1 Å². The Morgan fingerprint density at radius 3 is 2.37 bits per heavy atom. The molecule has 5 aromatic rings. The number of ether oxygens (including phenoxy) is 1. The number of nitrogens with zero attached hydrogens (tertiary/aromatic N) is 2. The molecule has 0 atom stereocenters. The number of benzene rings is 3. The minimum absolute atomic E-state index is 0.204. The molecule has 7 heteroatoms. The summed E-state index contributed by atoms with van der Waals surface area (Å²) < 4.78 is 13.3. The van der Waals surface area contributed by atoms with E-state index in [1.165, 1.54) is 0 Å². The van der Waals surface area contributed by atoms with Crippen molar-refractivity contribution >= 4 is 28.5 Å². The van der Waals surface area contributed by atoms with Gasteiger partial charge in [0.25, 0.3) is 0 Å². The average molecular weight is 487 g/mol. The summed E-state index contributed by atoms with van der Waals surface area (Å²) in [6, 6.07) is 18.7. The van der Waals surface area contributed by atoms with Crippen LogP contribution in [0.1, 0.15) is 32.7 Å². The molecule has 0 aliphatic heterocycles. The quantitative estimate of drug-likeness (QED) is 0.270. The van der Waals surface area contributed by atoms with Gasteiger partial charge in [0.1, 0.15) is 17.3 Å². The van der Waals surface area contributed by atoms with Crippen molar-refractivity contribution in [1.29, 1.82) is 0 Å². The van der Waals surface area contributed by atoms with Gasteiger partial charge in [0.05, 0.1) is 29.6 Å². The number of furan rings is 1. The van der Waals surface area contributed by atoms with Crippen molar-refractivity contribution in [3.8, 4) is 22.8 Å². The summed E-state index contributed by atoms with van der Waals surface area (Å²) in [6.45, 7) is 6.21. The third kappa shape index (κ3) is 4.40. The minimum Gasteiger partial charge on any atom is -0.478 e. The van der Waals surface area contributed by atoms with Gasteiger partial charge in [0.15, 0.2) is 0 Å². The molecule has 1 N–H and O–H groups in total. The molecule has 176 valence electrons. The van der Waals surface area contributed by atoms with Crippen LogP contribution >= 0.6 is 11.6 Å². The predicted octanol–water partition coefficient (Wildman–Crippen LogP) is 7.41. The fourth-order valence-electron chi connectivity index (χ4n) is 4.31. The van der Waals surface area contributed by atoms with Gasteiger partial charge in [0.2, 0.25) is 0 Å². The van der Waals surface area contributed by atoms with Crippen molar-refractivity contribution in [2.45, 2.75) is 27.3 Å². The number of fused-ring (bicyclic) bond motifs is 1. The van der Waals surface area contributed by atoms with E-state index in [9.17, 15) is 9.90 Å². The van der Waals surface area contributed by atoms with E-state index in [0.29, 0.717) is 34.7 Å². The van der Waals surface area contributed by atoms with Gasteiger partial charge in [-0.25, -0.2) is 4.79 Å². The average Bonchev–Trinajstić information content (AvgIpc) is 3.47. The maximum atomic E-state index is 12.0. The number of hydrogen-bond donors (Lipinski definition) is 1. The van der Waals surface area contributed by atoms with E-state index in [0.717, 1.165) is 33.0 Å². The molecule has 0 spiro atoms. The molecule has 3 aromatic carbocycles. The highest BCUT2D eigenvalue weighted by molar-refractivity contribution is 6.32. The molecule has 5 rings (SSSR count). The van der Waals surface area contributed by atoms with Crippen molar-refractivity contribution in [2.24, 2.45) is 0 Å². The van der Waals surface area contributed by atoms with E-state index in [4.69, 9.17) is 20.8 Å². The van der Waals surface area contributed by atoms with E-state index < -0.39 is 5.97 Å². The summed E-state index contributed by atoms with van der Waals surface area (Å²) >= 11 is 6.26. The number of carbonyl (C=O) groups is 1. The molecule has 0 aliphatic rings. The first-order chi connectivity index (χ1) is 16.8. The SMILES string of the molecule is Cc1cc(Oc2ccc(Cn3nc(C)c4c(C(=O)O)cc(-c5ccco5)cc43)cc2)cc(C)c1Cl. The highest BCUT2D eigenvalue weighted by Crippen LogP contribution is 2.32. The van der Waals surface area contributed by atoms with Gasteiger partial charge in [-0.05, 0) is 86.0 Å². The van der Waals surface area contributed by atoms with Crippen LogP contribution in [0.4, 0.5) is 0 Å². The lowest BCUT2D eigenvalue weighted by atomic mass is 10.0. The van der Waals surface area contributed by atoms with Gasteiger partial charge in [-0.1, -0.05) is 23.7 Å². The van der Waals surface area contributed by atoms with Gasteiger partial charge in [-0.3, -0.25) is 4.68 Å². The number of carboxylic acids is 1. The summed E-state index contributed by atoms with van der Waals surface area (Å²) in [4.78, 5) is 12.0. The zero-order chi connectivity index (χ0) is 24.7. The largest absolute Gasteiger partial charge is 0.478 e. The molecule has 0 saturated carbocycles. The van der Waals surface area contributed by atoms with Crippen molar-refractivity contribution in [1.82, 2.24) is 9.78 Å². The molecule has 2 aromatic heterocycles. The lowest BCUT2D eigenvalue weighted by Gasteiger charge is -2.11. The zero-order valence-electron chi connectivity index (χ0n) is 19.5. The van der Waals surface area contributed by atoms with Gasteiger partial charge >= 0.3 is 5.97 Å². The normalized spacial score (nSPS) is 11.2. The topological polar surface area (TPSA) is 77.5 Å². The molecule has 0 unspecified atom stereocenters. The van der Waals surface area contributed by atoms with Gasteiger partial charge in [-0.15, -0.1) is 0 Å². The first-order valence-electron chi connectivity index (χ1n) is 11.1. The van der Waals surface area contributed by atoms with Crippen molar-refractivity contribution in [3.05, 3.63) is 99.9 Å². The molecule has 0 aliphatic carbocycles. The van der Waals surface area contributed by atoms with Crippen molar-refractivity contribution in [3.63, 3.8) is 0 Å². The Hall–Kier alpha value is -4.03. The summed E-state index contributed by atoms with van der Waals surface area (Å²) in [5, 5.41) is 15.9. The highest BCUT2D eigenvalue weighted by Gasteiger charge is 2.19. The number of halogens is 1. The second-order valence-electron chi connectivity index (χ2n) is 8.56. The van der Waals surface area contributed by atoms with Crippen LogP contribution in [0.5, 0.6) is 11.5 Å². The molecule has 0 saturated heterocycles.